The van der Waals surface area contributed by atoms with E-state index in [9.17, 15) is 0 Å². The predicted molar refractivity (Wildman–Crippen MR) is 56.5 cm³/mol. The number of halogens is 1. The molecule has 2 heteroatoms. The first-order chi connectivity index (χ1) is 6.16. The van der Waals surface area contributed by atoms with Crippen molar-refractivity contribution in [2.24, 2.45) is 5.92 Å². The topological polar surface area (TPSA) is 12.0 Å². The molecule has 0 amide bonds. The Labute approximate surface area is 84.2 Å². The van der Waals surface area contributed by atoms with Crippen LogP contribution in [-0.4, -0.2) is 6.04 Å². The second-order valence-corrected chi connectivity index (χ2v) is 4.30. The maximum Gasteiger partial charge on any atom is 0.0419 e. The monoisotopic (exact) mass is 195 g/mol. The Morgan fingerprint density at radius 3 is 3.00 bits per heavy atom. The fraction of sp³-hybridized carbons (Fsp3) is 0.455. The van der Waals surface area contributed by atoms with Crippen LogP contribution in [0.1, 0.15) is 20.3 Å². The van der Waals surface area contributed by atoms with Crippen molar-refractivity contribution in [3.05, 3.63) is 34.5 Å². The van der Waals surface area contributed by atoms with Crippen LogP contribution in [0.3, 0.4) is 0 Å². The van der Waals surface area contributed by atoms with Crippen LogP contribution in [-0.2, 0) is 0 Å². The maximum atomic E-state index is 6.10. The van der Waals surface area contributed by atoms with Gasteiger partial charge >= 0.3 is 0 Å². The van der Waals surface area contributed by atoms with Crippen molar-refractivity contribution in [1.82, 2.24) is 5.32 Å². The van der Waals surface area contributed by atoms with Crippen molar-refractivity contribution in [1.29, 1.82) is 0 Å². The molecule has 2 aliphatic rings. The number of rotatable bonds is 0. The van der Waals surface area contributed by atoms with Gasteiger partial charge in [0.25, 0.3) is 0 Å². The van der Waals surface area contributed by atoms with E-state index in [0.29, 0.717) is 12.0 Å². The second kappa shape index (κ2) is 3.22. The van der Waals surface area contributed by atoms with Crippen LogP contribution < -0.4 is 5.32 Å². The SMILES string of the molecule is CC1C=CC2=C(C=C(Cl)C(C)C2)N1. The lowest BCUT2D eigenvalue weighted by atomic mass is 9.91. The molecule has 0 saturated carbocycles. The van der Waals surface area contributed by atoms with Gasteiger partial charge in [0.2, 0.25) is 0 Å². The average molecular weight is 196 g/mol. The highest BCUT2D eigenvalue weighted by molar-refractivity contribution is 6.30. The normalized spacial score (nSPS) is 32.4. The third kappa shape index (κ3) is 1.66. The highest BCUT2D eigenvalue weighted by Gasteiger charge is 2.19. The fourth-order valence-electron chi connectivity index (χ4n) is 1.76. The van der Waals surface area contributed by atoms with Gasteiger partial charge in [0, 0.05) is 16.8 Å². The van der Waals surface area contributed by atoms with Gasteiger partial charge < -0.3 is 5.32 Å². The van der Waals surface area contributed by atoms with E-state index in [2.05, 4.69) is 37.4 Å². The minimum absolute atomic E-state index is 0.424. The summed E-state index contributed by atoms with van der Waals surface area (Å²) in [6.07, 6.45) is 7.53. The molecule has 0 bridgehead atoms. The van der Waals surface area contributed by atoms with Crippen LogP contribution in [0.25, 0.3) is 0 Å². The summed E-state index contributed by atoms with van der Waals surface area (Å²) < 4.78 is 0. The summed E-state index contributed by atoms with van der Waals surface area (Å²) in [5, 5.41) is 4.37. The largest absolute Gasteiger partial charge is 0.379 e. The quantitative estimate of drug-likeness (QED) is 0.627. The van der Waals surface area contributed by atoms with Gasteiger partial charge in [0.15, 0.2) is 0 Å². The highest BCUT2D eigenvalue weighted by atomic mass is 35.5. The lowest BCUT2D eigenvalue weighted by Crippen LogP contribution is -2.28. The molecular weight excluding hydrogens is 182 g/mol. The van der Waals surface area contributed by atoms with Crippen LogP contribution in [0.4, 0.5) is 0 Å². The summed E-state index contributed by atoms with van der Waals surface area (Å²) in [5.74, 6) is 0.472. The van der Waals surface area contributed by atoms with Crippen LogP contribution in [0.15, 0.2) is 34.5 Å². The molecule has 0 aromatic heterocycles. The zero-order valence-electron chi connectivity index (χ0n) is 7.97. The van der Waals surface area contributed by atoms with Crippen LogP contribution >= 0.6 is 11.6 Å². The molecule has 1 nitrogen and oxygen atoms in total. The van der Waals surface area contributed by atoms with Gasteiger partial charge in [-0.3, -0.25) is 0 Å². The summed E-state index contributed by atoms with van der Waals surface area (Å²) in [6.45, 7) is 4.30. The Morgan fingerprint density at radius 1 is 1.46 bits per heavy atom. The third-order valence-electron chi connectivity index (χ3n) is 2.59. The fourth-order valence-corrected chi connectivity index (χ4v) is 1.94. The second-order valence-electron chi connectivity index (χ2n) is 3.87. The molecule has 0 radical (unpaired) electrons. The summed E-state index contributed by atoms with van der Waals surface area (Å²) >= 11 is 6.10. The lowest BCUT2D eigenvalue weighted by Gasteiger charge is -2.26. The molecule has 0 spiro atoms. The van der Waals surface area contributed by atoms with Crippen LogP contribution in [0.2, 0.25) is 0 Å². The standard InChI is InChI=1S/C11H14ClN/c1-7-5-9-4-3-8(2)13-11(9)6-10(7)12/h3-4,6-8,13H,5H2,1-2H3. The van der Waals surface area contributed by atoms with E-state index >= 15 is 0 Å². The van der Waals surface area contributed by atoms with E-state index < -0.39 is 0 Å². The molecule has 1 heterocycles. The van der Waals surface area contributed by atoms with Gasteiger partial charge in [-0.25, -0.2) is 0 Å². The number of hydrogen-bond acceptors (Lipinski definition) is 1. The molecule has 2 rings (SSSR count). The van der Waals surface area contributed by atoms with E-state index in [1.807, 2.05) is 0 Å². The number of allylic oxidation sites excluding steroid dienone is 4. The summed E-state index contributed by atoms with van der Waals surface area (Å²) in [5.41, 5.74) is 2.59. The molecular formula is C11H14ClN. The molecule has 1 aliphatic heterocycles. The minimum atomic E-state index is 0.424. The Morgan fingerprint density at radius 2 is 2.23 bits per heavy atom. The first-order valence-corrected chi connectivity index (χ1v) is 5.09. The first-order valence-electron chi connectivity index (χ1n) is 4.72. The Balaban J connectivity index is 2.30. The average Bonchev–Trinajstić information content (AvgIpc) is 2.08. The van der Waals surface area contributed by atoms with Crippen molar-refractivity contribution in [3.8, 4) is 0 Å². The van der Waals surface area contributed by atoms with Gasteiger partial charge in [-0.1, -0.05) is 30.7 Å². The van der Waals surface area contributed by atoms with Crippen LogP contribution in [0.5, 0.6) is 0 Å². The van der Waals surface area contributed by atoms with Gasteiger partial charge in [-0.15, -0.1) is 0 Å². The van der Waals surface area contributed by atoms with Crippen molar-refractivity contribution >= 4 is 11.6 Å². The van der Waals surface area contributed by atoms with E-state index in [4.69, 9.17) is 11.6 Å². The van der Waals surface area contributed by atoms with Gasteiger partial charge in [-0.2, -0.15) is 0 Å². The Kier molecular flexibility index (Phi) is 2.20. The minimum Gasteiger partial charge on any atom is -0.379 e. The predicted octanol–water partition coefficient (Wildman–Crippen LogP) is 2.95. The molecule has 0 aromatic carbocycles. The molecule has 2 atom stereocenters. The molecule has 2 unspecified atom stereocenters. The van der Waals surface area contributed by atoms with Crippen molar-refractivity contribution < 1.29 is 0 Å². The lowest BCUT2D eigenvalue weighted by molar-refractivity contribution is 0.647. The summed E-state index contributed by atoms with van der Waals surface area (Å²) in [4.78, 5) is 0. The molecule has 13 heavy (non-hydrogen) atoms. The van der Waals surface area contributed by atoms with E-state index in [-0.39, 0.29) is 0 Å². The molecule has 0 aromatic rings. The molecule has 1 aliphatic carbocycles. The van der Waals surface area contributed by atoms with Crippen molar-refractivity contribution in [2.75, 3.05) is 0 Å². The summed E-state index contributed by atoms with van der Waals surface area (Å²) in [6, 6.07) is 0.424. The van der Waals surface area contributed by atoms with Gasteiger partial charge in [0.05, 0.1) is 0 Å². The van der Waals surface area contributed by atoms with E-state index in [1.165, 1.54) is 11.3 Å². The highest BCUT2D eigenvalue weighted by Crippen LogP contribution is 2.32. The first kappa shape index (κ1) is 8.89. The van der Waals surface area contributed by atoms with Crippen LogP contribution in [0, 0.1) is 5.92 Å². The van der Waals surface area contributed by atoms with Crippen molar-refractivity contribution in [3.63, 3.8) is 0 Å². The molecule has 0 saturated heterocycles. The molecule has 0 fully saturated rings. The number of hydrogen-bond donors (Lipinski definition) is 1. The zero-order chi connectivity index (χ0) is 9.42. The van der Waals surface area contributed by atoms with Crippen molar-refractivity contribution in [2.45, 2.75) is 26.3 Å². The zero-order valence-corrected chi connectivity index (χ0v) is 8.73. The Hall–Kier alpha value is -0.690. The smallest absolute Gasteiger partial charge is 0.0419 e. The molecule has 70 valence electrons. The van der Waals surface area contributed by atoms with Gasteiger partial charge in [0.1, 0.15) is 0 Å². The number of dihydropyridines is 1. The number of nitrogens with one attached hydrogen (secondary N) is 1. The van der Waals surface area contributed by atoms with E-state index in [1.54, 1.807) is 0 Å². The molecule has 1 N–H and O–H groups in total. The Bertz CT molecular complexity index is 312. The summed E-state index contributed by atoms with van der Waals surface area (Å²) in [7, 11) is 0. The third-order valence-corrected chi connectivity index (χ3v) is 3.08. The maximum absolute atomic E-state index is 6.10. The van der Waals surface area contributed by atoms with Gasteiger partial charge in [-0.05, 0) is 30.9 Å². The van der Waals surface area contributed by atoms with E-state index in [0.717, 1.165) is 11.5 Å².